The van der Waals surface area contributed by atoms with Gasteiger partial charge in [0.2, 0.25) is 0 Å². The summed E-state index contributed by atoms with van der Waals surface area (Å²) in [6.07, 6.45) is 0.505. The maximum atomic E-state index is 11.4. The van der Waals surface area contributed by atoms with E-state index in [-0.39, 0.29) is 18.5 Å². The highest BCUT2D eigenvalue weighted by atomic mass is 16.5. The average molecular weight is 222 g/mol. The molecule has 16 heavy (non-hydrogen) atoms. The molecule has 0 saturated heterocycles. The van der Waals surface area contributed by atoms with Crippen LogP contribution in [0.25, 0.3) is 0 Å². The van der Waals surface area contributed by atoms with E-state index in [9.17, 15) is 9.59 Å². The summed E-state index contributed by atoms with van der Waals surface area (Å²) in [5.74, 6) is -0.700. The molecule has 0 atom stereocenters. The number of carbonyl (C=O) groups excluding carboxylic acids is 2. The number of hydrogen-bond acceptors (Lipinski definition) is 4. The SMILES string of the molecule is COC(=O)c1ccccc1CCOC(C)=O. The summed E-state index contributed by atoms with van der Waals surface area (Å²) < 4.78 is 9.48. The van der Waals surface area contributed by atoms with Crippen molar-refractivity contribution < 1.29 is 19.1 Å². The molecule has 0 fully saturated rings. The van der Waals surface area contributed by atoms with E-state index in [1.165, 1.54) is 14.0 Å². The van der Waals surface area contributed by atoms with E-state index >= 15 is 0 Å². The topological polar surface area (TPSA) is 52.6 Å². The second-order valence-electron chi connectivity index (χ2n) is 3.24. The molecule has 0 amide bonds. The van der Waals surface area contributed by atoms with Crippen LogP contribution in [-0.2, 0) is 20.7 Å². The van der Waals surface area contributed by atoms with Crippen molar-refractivity contribution in [1.82, 2.24) is 0 Å². The number of esters is 2. The van der Waals surface area contributed by atoms with E-state index in [0.717, 1.165) is 5.56 Å². The van der Waals surface area contributed by atoms with E-state index in [4.69, 9.17) is 4.74 Å². The predicted octanol–water partition coefficient (Wildman–Crippen LogP) is 1.58. The quantitative estimate of drug-likeness (QED) is 0.726. The molecule has 0 unspecified atom stereocenters. The monoisotopic (exact) mass is 222 g/mol. The van der Waals surface area contributed by atoms with Crippen LogP contribution >= 0.6 is 0 Å². The Morgan fingerprint density at radius 2 is 1.94 bits per heavy atom. The Morgan fingerprint density at radius 3 is 2.56 bits per heavy atom. The number of benzene rings is 1. The second-order valence-corrected chi connectivity index (χ2v) is 3.24. The molecule has 0 aliphatic rings. The molecule has 1 aromatic carbocycles. The molecule has 1 aromatic rings. The van der Waals surface area contributed by atoms with Crippen molar-refractivity contribution in [3.8, 4) is 0 Å². The summed E-state index contributed by atoms with van der Waals surface area (Å²) >= 11 is 0. The Kier molecular flexibility index (Phi) is 4.51. The summed E-state index contributed by atoms with van der Waals surface area (Å²) in [6, 6.07) is 7.10. The van der Waals surface area contributed by atoms with E-state index in [1.807, 2.05) is 12.1 Å². The highest BCUT2D eigenvalue weighted by Gasteiger charge is 2.10. The molecule has 0 aromatic heterocycles. The van der Waals surface area contributed by atoms with Crippen LogP contribution in [-0.4, -0.2) is 25.7 Å². The minimum atomic E-state index is -0.376. The summed E-state index contributed by atoms with van der Waals surface area (Å²) in [5.41, 5.74) is 1.33. The number of methoxy groups -OCH3 is 1. The Labute approximate surface area is 94.2 Å². The molecule has 4 heteroatoms. The van der Waals surface area contributed by atoms with Gasteiger partial charge in [-0.1, -0.05) is 18.2 Å². The third kappa shape index (κ3) is 3.38. The maximum absolute atomic E-state index is 11.4. The largest absolute Gasteiger partial charge is 0.466 e. The average Bonchev–Trinajstić information content (AvgIpc) is 2.28. The number of ether oxygens (including phenoxy) is 2. The van der Waals surface area contributed by atoms with Crippen molar-refractivity contribution in [3.05, 3.63) is 35.4 Å². The lowest BCUT2D eigenvalue weighted by Gasteiger charge is -2.07. The van der Waals surface area contributed by atoms with Gasteiger partial charge in [0.05, 0.1) is 19.3 Å². The van der Waals surface area contributed by atoms with Crippen LogP contribution in [0.2, 0.25) is 0 Å². The third-order valence-electron chi connectivity index (χ3n) is 2.10. The number of carbonyl (C=O) groups is 2. The van der Waals surface area contributed by atoms with Gasteiger partial charge in [-0.3, -0.25) is 4.79 Å². The minimum absolute atomic E-state index is 0.267. The van der Waals surface area contributed by atoms with E-state index in [0.29, 0.717) is 12.0 Å². The molecule has 0 radical (unpaired) electrons. The zero-order valence-electron chi connectivity index (χ0n) is 9.36. The Bertz CT molecular complexity index is 384. The van der Waals surface area contributed by atoms with Gasteiger partial charge in [-0.05, 0) is 11.6 Å². The Morgan fingerprint density at radius 1 is 1.25 bits per heavy atom. The van der Waals surface area contributed by atoms with Crippen LogP contribution in [0.3, 0.4) is 0 Å². The molecule has 0 aliphatic heterocycles. The fourth-order valence-corrected chi connectivity index (χ4v) is 1.35. The number of hydrogen-bond donors (Lipinski definition) is 0. The summed E-state index contributed by atoms with van der Waals surface area (Å²) in [4.78, 5) is 22.0. The molecule has 0 N–H and O–H groups in total. The fraction of sp³-hybridized carbons (Fsp3) is 0.333. The van der Waals surface area contributed by atoms with Gasteiger partial charge in [-0.2, -0.15) is 0 Å². The van der Waals surface area contributed by atoms with Crippen LogP contribution in [0.4, 0.5) is 0 Å². The molecule has 0 spiro atoms. The van der Waals surface area contributed by atoms with Crippen LogP contribution in [0.5, 0.6) is 0 Å². The van der Waals surface area contributed by atoms with Gasteiger partial charge >= 0.3 is 11.9 Å². The van der Waals surface area contributed by atoms with Crippen molar-refractivity contribution in [3.63, 3.8) is 0 Å². The first kappa shape index (κ1) is 12.2. The van der Waals surface area contributed by atoms with Gasteiger partial charge in [0, 0.05) is 13.3 Å². The van der Waals surface area contributed by atoms with Crippen molar-refractivity contribution in [1.29, 1.82) is 0 Å². The standard InChI is InChI=1S/C12H14O4/c1-9(13)16-8-7-10-5-3-4-6-11(10)12(14)15-2/h3-6H,7-8H2,1-2H3. The summed E-state index contributed by atoms with van der Waals surface area (Å²) in [5, 5.41) is 0. The first-order chi connectivity index (χ1) is 7.65. The summed E-state index contributed by atoms with van der Waals surface area (Å²) in [7, 11) is 1.34. The Balaban J connectivity index is 2.71. The smallest absolute Gasteiger partial charge is 0.338 e. The lowest BCUT2D eigenvalue weighted by molar-refractivity contribution is -0.140. The van der Waals surface area contributed by atoms with Crippen LogP contribution < -0.4 is 0 Å². The van der Waals surface area contributed by atoms with Gasteiger partial charge in [0.1, 0.15) is 0 Å². The van der Waals surface area contributed by atoms with Gasteiger partial charge < -0.3 is 9.47 Å². The zero-order valence-corrected chi connectivity index (χ0v) is 9.36. The van der Waals surface area contributed by atoms with Crippen molar-refractivity contribution in [2.24, 2.45) is 0 Å². The summed E-state index contributed by atoms with van der Waals surface area (Å²) in [6.45, 7) is 1.62. The maximum Gasteiger partial charge on any atom is 0.338 e. The lowest BCUT2D eigenvalue weighted by Crippen LogP contribution is -2.09. The predicted molar refractivity (Wildman–Crippen MR) is 58.1 cm³/mol. The van der Waals surface area contributed by atoms with E-state index in [2.05, 4.69) is 4.74 Å². The van der Waals surface area contributed by atoms with E-state index in [1.54, 1.807) is 12.1 Å². The van der Waals surface area contributed by atoms with Gasteiger partial charge in [-0.15, -0.1) is 0 Å². The third-order valence-corrected chi connectivity index (χ3v) is 2.10. The van der Waals surface area contributed by atoms with Crippen LogP contribution in [0.1, 0.15) is 22.8 Å². The zero-order chi connectivity index (χ0) is 12.0. The molecule has 0 saturated carbocycles. The molecule has 0 aliphatic carbocycles. The van der Waals surface area contributed by atoms with Crippen LogP contribution in [0, 0.1) is 0 Å². The Hall–Kier alpha value is -1.84. The minimum Gasteiger partial charge on any atom is -0.466 e. The molecule has 0 heterocycles. The van der Waals surface area contributed by atoms with Crippen molar-refractivity contribution >= 4 is 11.9 Å². The van der Waals surface area contributed by atoms with Gasteiger partial charge in [-0.25, -0.2) is 4.79 Å². The second kappa shape index (κ2) is 5.90. The highest BCUT2D eigenvalue weighted by molar-refractivity contribution is 5.90. The number of rotatable bonds is 4. The lowest BCUT2D eigenvalue weighted by atomic mass is 10.1. The first-order valence-electron chi connectivity index (χ1n) is 4.94. The normalized spacial score (nSPS) is 9.62. The van der Waals surface area contributed by atoms with Crippen molar-refractivity contribution in [2.75, 3.05) is 13.7 Å². The van der Waals surface area contributed by atoms with Gasteiger partial charge in [0.25, 0.3) is 0 Å². The molecule has 86 valence electrons. The van der Waals surface area contributed by atoms with Crippen molar-refractivity contribution in [2.45, 2.75) is 13.3 Å². The first-order valence-corrected chi connectivity index (χ1v) is 4.94. The molecule has 0 bridgehead atoms. The highest BCUT2D eigenvalue weighted by Crippen LogP contribution is 2.10. The van der Waals surface area contributed by atoms with E-state index < -0.39 is 0 Å². The van der Waals surface area contributed by atoms with Gasteiger partial charge in [0.15, 0.2) is 0 Å². The fourth-order valence-electron chi connectivity index (χ4n) is 1.35. The molecule has 4 nitrogen and oxygen atoms in total. The molecule has 1 rings (SSSR count). The molecular formula is C12H14O4. The molecular weight excluding hydrogens is 208 g/mol. The van der Waals surface area contributed by atoms with Crippen LogP contribution in [0.15, 0.2) is 24.3 Å².